The second kappa shape index (κ2) is 6.49. The van der Waals surface area contributed by atoms with Crippen molar-refractivity contribution < 1.29 is 39.5 Å². The van der Waals surface area contributed by atoms with Crippen LogP contribution in [0.15, 0.2) is 30.5 Å². The van der Waals surface area contributed by atoms with Gasteiger partial charge in [-0.15, -0.1) is 6.26 Å². The molecule has 0 heterocycles. The van der Waals surface area contributed by atoms with Crippen LogP contribution in [0.1, 0.15) is 10.4 Å². The largest absolute Gasteiger partial charge is 1.00 e. The normalized spacial score (nSPS) is 9.86. The Morgan fingerprint density at radius 3 is 2.43 bits per heavy atom. The zero-order chi connectivity index (χ0) is 9.84. The number of ketones is 1. The summed E-state index contributed by atoms with van der Waals surface area (Å²) >= 11 is 11.3. The summed E-state index contributed by atoms with van der Waals surface area (Å²) in [4.78, 5) is 11.1. The van der Waals surface area contributed by atoms with E-state index in [0.29, 0.717) is 21.9 Å². The van der Waals surface area contributed by atoms with E-state index in [1.807, 2.05) is 0 Å². The maximum absolute atomic E-state index is 11.1. The van der Waals surface area contributed by atoms with Gasteiger partial charge in [0, 0.05) is 5.56 Å². The maximum atomic E-state index is 11.1. The Hall–Kier alpha value is 0.0100. The average Bonchev–Trinajstić information content (AvgIpc) is 2.10. The molecule has 1 aromatic carbocycles. The minimum Gasteiger partial charge on any atom is -0.878 e. The van der Waals surface area contributed by atoms with Crippen molar-refractivity contribution in [2.45, 2.75) is 0 Å². The fourth-order valence-corrected chi connectivity index (χ4v) is 1.11. The summed E-state index contributed by atoms with van der Waals surface area (Å²) in [5.74, 6) is -0.381. The Bertz CT molecular complexity index is 364. The summed E-state index contributed by atoms with van der Waals surface area (Å²) in [6.07, 6.45) is 1.37. The van der Waals surface area contributed by atoms with Crippen LogP contribution >= 0.6 is 23.2 Å². The van der Waals surface area contributed by atoms with E-state index in [0.717, 1.165) is 6.08 Å². The number of hydrogen-bond acceptors (Lipinski definition) is 2. The van der Waals surface area contributed by atoms with E-state index < -0.39 is 0 Å². The van der Waals surface area contributed by atoms with Crippen LogP contribution in [0.4, 0.5) is 0 Å². The van der Waals surface area contributed by atoms with E-state index in [4.69, 9.17) is 23.2 Å². The van der Waals surface area contributed by atoms with E-state index in [9.17, 15) is 9.90 Å². The third-order valence-corrected chi connectivity index (χ3v) is 2.16. The third kappa shape index (κ3) is 3.64. The van der Waals surface area contributed by atoms with Crippen LogP contribution in [-0.4, -0.2) is 5.78 Å². The molecule has 0 amide bonds. The smallest absolute Gasteiger partial charge is 0.878 e. The number of benzene rings is 1. The van der Waals surface area contributed by atoms with Gasteiger partial charge in [-0.3, -0.25) is 4.79 Å². The van der Waals surface area contributed by atoms with Crippen molar-refractivity contribution in [1.29, 1.82) is 0 Å². The van der Waals surface area contributed by atoms with Crippen LogP contribution < -0.4 is 34.7 Å². The van der Waals surface area contributed by atoms with Gasteiger partial charge in [-0.05, 0) is 24.3 Å². The van der Waals surface area contributed by atoms with Gasteiger partial charge in [0.2, 0.25) is 0 Å². The quantitative estimate of drug-likeness (QED) is 0.289. The van der Waals surface area contributed by atoms with Gasteiger partial charge in [-0.25, -0.2) is 0 Å². The van der Waals surface area contributed by atoms with Gasteiger partial charge in [-0.1, -0.05) is 23.2 Å². The monoisotopic (exact) mass is 238 g/mol. The second-order valence-corrected chi connectivity index (χ2v) is 3.11. The van der Waals surface area contributed by atoms with Crippen LogP contribution in [0.25, 0.3) is 0 Å². The molecule has 0 radical (unpaired) electrons. The molecule has 5 heteroatoms. The molecule has 0 saturated heterocycles. The average molecular weight is 239 g/mol. The zero-order valence-electron chi connectivity index (χ0n) is 7.46. The Balaban J connectivity index is 0.00000169. The molecule has 0 aliphatic carbocycles. The molecular formula is C9H5Cl2NaO2. The first-order valence-electron chi connectivity index (χ1n) is 3.43. The minimum atomic E-state index is -0.381. The van der Waals surface area contributed by atoms with E-state index in [-0.39, 0.29) is 35.3 Å². The second-order valence-electron chi connectivity index (χ2n) is 2.30. The van der Waals surface area contributed by atoms with Crippen LogP contribution in [0.5, 0.6) is 0 Å². The number of carbonyl (C=O) groups excluding carboxylic acids is 1. The summed E-state index contributed by atoms with van der Waals surface area (Å²) in [5, 5.41) is 10.7. The Morgan fingerprint density at radius 1 is 1.29 bits per heavy atom. The molecule has 0 N–H and O–H groups in total. The predicted molar refractivity (Wildman–Crippen MR) is 49.9 cm³/mol. The zero-order valence-corrected chi connectivity index (χ0v) is 11.0. The topological polar surface area (TPSA) is 40.1 Å². The molecule has 1 aromatic rings. The Kier molecular flexibility index (Phi) is 6.49. The van der Waals surface area contributed by atoms with Gasteiger partial charge < -0.3 is 5.11 Å². The fourth-order valence-electron chi connectivity index (χ4n) is 0.807. The first-order valence-corrected chi connectivity index (χ1v) is 4.18. The van der Waals surface area contributed by atoms with Crippen molar-refractivity contribution in [3.05, 3.63) is 46.1 Å². The summed E-state index contributed by atoms with van der Waals surface area (Å²) in [7, 11) is 0. The molecule has 0 aliphatic heterocycles. The molecule has 0 spiro atoms. The van der Waals surface area contributed by atoms with E-state index in [2.05, 4.69) is 0 Å². The summed E-state index contributed by atoms with van der Waals surface area (Å²) in [6, 6.07) is 4.44. The number of hydrogen-bond donors (Lipinski definition) is 0. The number of halogens is 2. The minimum absolute atomic E-state index is 0. The molecule has 14 heavy (non-hydrogen) atoms. The standard InChI is InChI=1S/C9H6Cl2O2.Na/c10-7-2-1-6(5-8(7)11)9(13)3-4-12;/h1-5,12H;/q;+1/p-1. The Morgan fingerprint density at radius 2 is 1.93 bits per heavy atom. The first-order chi connectivity index (χ1) is 6.15. The third-order valence-electron chi connectivity index (χ3n) is 1.42. The van der Waals surface area contributed by atoms with Crippen molar-refractivity contribution in [1.82, 2.24) is 0 Å². The van der Waals surface area contributed by atoms with E-state index >= 15 is 0 Å². The molecule has 0 saturated carbocycles. The van der Waals surface area contributed by atoms with E-state index in [1.54, 1.807) is 0 Å². The summed E-state index contributed by atoms with van der Waals surface area (Å²) < 4.78 is 0. The molecule has 0 unspecified atom stereocenters. The molecule has 68 valence electrons. The summed E-state index contributed by atoms with van der Waals surface area (Å²) in [5.41, 5.74) is 0.349. The molecular weight excluding hydrogens is 234 g/mol. The van der Waals surface area contributed by atoms with Crippen LogP contribution in [-0.2, 0) is 0 Å². The Labute approximate surface area is 114 Å². The summed E-state index contributed by atoms with van der Waals surface area (Å²) in [6.45, 7) is 0. The predicted octanol–water partition coefficient (Wildman–Crippen LogP) is -0.946. The molecule has 0 fully saturated rings. The molecule has 0 bridgehead atoms. The van der Waals surface area contributed by atoms with Crippen LogP contribution in [0, 0.1) is 0 Å². The van der Waals surface area contributed by atoms with Crippen molar-refractivity contribution >= 4 is 29.0 Å². The van der Waals surface area contributed by atoms with Gasteiger partial charge in [0.1, 0.15) is 0 Å². The molecule has 2 nitrogen and oxygen atoms in total. The van der Waals surface area contributed by atoms with Gasteiger partial charge in [-0.2, -0.15) is 0 Å². The molecule has 1 rings (SSSR count). The van der Waals surface area contributed by atoms with E-state index in [1.165, 1.54) is 18.2 Å². The SMILES string of the molecule is O=C(C=C[O-])c1ccc(Cl)c(Cl)c1.[Na+]. The van der Waals surface area contributed by atoms with Crippen LogP contribution in [0.2, 0.25) is 10.0 Å². The molecule has 0 atom stereocenters. The van der Waals surface area contributed by atoms with Crippen molar-refractivity contribution in [3.63, 3.8) is 0 Å². The van der Waals surface area contributed by atoms with Crippen molar-refractivity contribution in [2.24, 2.45) is 0 Å². The van der Waals surface area contributed by atoms with Gasteiger partial charge in [0.25, 0.3) is 0 Å². The van der Waals surface area contributed by atoms with Crippen molar-refractivity contribution in [3.8, 4) is 0 Å². The fraction of sp³-hybridized carbons (Fsp3) is 0. The number of allylic oxidation sites excluding steroid dienone is 1. The van der Waals surface area contributed by atoms with Gasteiger partial charge >= 0.3 is 29.6 Å². The maximum Gasteiger partial charge on any atom is 1.00 e. The first kappa shape index (κ1) is 14.0. The molecule has 0 aliphatic rings. The van der Waals surface area contributed by atoms with Gasteiger partial charge in [0.05, 0.1) is 10.0 Å². The number of rotatable bonds is 2. The molecule has 0 aromatic heterocycles. The van der Waals surface area contributed by atoms with Crippen molar-refractivity contribution in [2.75, 3.05) is 0 Å². The number of carbonyl (C=O) groups is 1. The van der Waals surface area contributed by atoms with Gasteiger partial charge in [0.15, 0.2) is 5.78 Å². The van der Waals surface area contributed by atoms with Crippen LogP contribution in [0.3, 0.4) is 0 Å².